The molecule has 1 aromatic carbocycles. The summed E-state index contributed by atoms with van der Waals surface area (Å²) in [4.78, 5) is 34.4. The molecule has 3 heterocycles. The van der Waals surface area contributed by atoms with Crippen molar-refractivity contribution in [2.24, 2.45) is 0 Å². The van der Waals surface area contributed by atoms with Crippen LogP contribution in [0.15, 0.2) is 45.9 Å². The maximum Gasteiger partial charge on any atom is 0.290 e. The van der Waals surface area contributed by atoms with Crippen LogP contribution < -0.4 is 5.43 Å². The van der Waals surface area contributed by atoms with Gasteiger partial charge in [-0.25, -0.2) is 0 Å². The lowest BCUT2D eigenvalue weighted by Crippen LogP contribution is -2.35. The van der Waals surface area contributed by atoms with Crippen molar-refractivity contribution in [3.63, 3.8) is 0 Å². The average Bonchev–Trinajstić information content (AvgIpc) is 2.95. The molecule has 0 saturated carbocycles. The fourth-order valence-electron chi connectivity index (χ4n) is 3.56. The zero-order chi connectivity index (χ0) is 20.0. The Bertz CT molecular complexity index is 1130. The van der Waals surface area contributed by atoms with E-state index in [1.807, 2.05) is 32.0 Å². The predicted octanol–water partition coefficient (Wildman–Crippen LogP) is 3.26. The molecule has 0 bridgehead atoms. The minimum Gasteiger partial charge on any atom is -0.450 e. The van der Waals surface area contributed by atoms with Crippen LogP contribution in [0.25, 0.3) is 11.0 Å². The molecule has 0 N–H and O–H groups in total. The van der Waals surface area contributed by atoms with Gasteiger partial charge in [0.05, 0.1) is 17.0 Å². The van der Waals surface area contributed by atoms with Crippen LogP contribution in [-0.2, 0) is 0 Å². The largest absolute Gasteiger partial charge is 0.450 e. The summed E-state index contributed by atoms with van der Waals surface area (Å²) in [7, 11) is 3.88. The molecule has 6 nitrogen and oxygen atoms in total. The molecule has 1 aliphatic heterocycles. The lowest BCUT2D eigenvalue weighted by Gasteiger charge is -2.26. The molecule has 0 fully saturated rings. The third-order valence-electron chi connectivity index (χ3n) is 5.04. The highest BCUT2D eigenvalue weighted by atomic mass is 35.5. The van der Waals surface area contributed by atoms with E-state index in [1.54, 1.807) is 35.5 Å². The monoisotopic (exact) mass is 397 g/mol. The fourth-order valence-corrected chi connectivity index (χ4v) is 3.73. The molecule has 144 valence electrons. The van der Waals surface area contributed by atoms with E-state index in [0.29, 0.717) is 34.6 Å². The number of pyridine rings is 1. The van der Waals surface area contributed by atoms with Crippen molar-refractivity contribution in [1.82, 2.24) is 14.8 Å². The van der Waals surface area contributed by atoms with E-state index in [9.17, 15) is 9.59 Å². The SMILES string of the molecule is Cc1cc2oc3c(c(=O)c2cc1Cl)C(c1cccnc1)N(CCN(C)C)C3=O. The Balaban J connectivity index is 1.96. The summed E-state index contributed by atoms with van der Waals surface area (Å²) >= 11 is 6.23. The summed E-state index contributed by atoms with van der Waals surface area (Å²) in [6, 6.07) is 6.45. The fraction of sp³-hybridized carbons (Fsp3) is 0.286. The van der Waals surface area contributed by atoms with Crippen LogP contribution in [0.4, 0.5) is 0 Å². The average molecular weight is 398 g/mol. The second kappa shape index (κ2) is 7.04. The molecule has 4 rings (SSSR count). The smallest absolute Gasteiger partial charge is 0.290 e. The van der Waals surface area contributed by atoms with Crippen molar-refractivity contribution in [1.29, 1.82) is 0 Å². The molecule has 1 amide bonds. The zero-order valence-electron chi connectivity index (χ0n) is 15.9. The highest BCUT2D eigenvalue weighted by Crippen LogP contribution is 2.38. The standard InChI is InChI=1S/C21H20ClN3O3/c1-12-9-16-14(10-15(12)22)19(26)17-18(13-5-4-6-23-11-13)25(8-7-24(2)3)21(27)20(17)28-16/h4-6,9-11,18H,7-8H2,1-3H3. The van der Waals surface area contributed by atoms with E-state index >= 15 is 0 Å². The van der Waals surface area contributed by atoms with Gasteiger partial charge in [0.1, 0.15) is 5.58 Å². The maximum absolute atomic E-state index is 13.4. The summed E-state index contributed by atoms with van der Waals surface area (Å²) in [6.45, 7) is 2.96. The molecular weight excluding hydrogens is 378 g/mol. The molecule has 1 aliphatic rings. The van der Waals surface area contributed by atoms with Crippen LogP contribution in [-0.4, -0.2) is 47.9 Å². The van der Waals surface area contributed by atoms with E-state index < -0.39 is 6.04 Å². The van der Waals surface area contributed by atoms with Crippen LogP contribution in [0, 0.1) is 6.92 Å². The van der Waals surface area contributed by atoms with Gasteiger partial charge in [-0.3, -0.25) is 14.6 Å². The van der Waals surface area contributed by atoms with Gasteiger partial charge in [-0.1, -0.05) is 17.7 Å². The van der Waals surface area contributed by atoms with Gasteiger partial charge in [-0.2, -0.15) is 0 Å². The summed E-state index contributed by atoms with van der Waals surface area (Å²) in [6.07, 6.45) is 3.35. The molecule has 1 atom stereocenters. The minimum absolute atomic E-state index is 0.104. The Labute approximate surface area is 167 Å². The first kappa shape index (κ1) is 18.7. The van der Waals surface area contributed by atoms with Gasteiger partial charge in [0.2, 0.25) is 5.76 Å². The van der Waals surface area contributed by atoms with Gasteiger partial charge in [-0.05, 0) is 50.3 Å². The van der Waals surface area contributed by atoms with E-state index in [-0.39, 0.29) is 17.1 Å². The van der Waals surface area contributed by atoms with Crippen LogP contribution in [0.3, 0.4) is 0 Å². The second-order valence-corrected chi connectivity index (χ2v) is 7.67. The number of rotatable bonds is 4. The highest BCUT2D eigenvalue weighted by molar-refractivity contribution is 6.32. The number of aromatic nitrogens is 1. The third-order valence-corrected chi connectivity index (χ3v) is 5.44. The number of benzene rings is 1. The first-order valence-corrected chi connectivity index (χ1v) is 9.38. The molecular formula is C21H20ClN3O3. The quantitative estimate of drug-likeness (QED) is 0.676. The molecule has 28 heavy (non-hydrogen) atoms. The second-order valence-electron chi connectivity index (χ2n) is 7.26. The summed E-state index contributed by atoms with van der Waals surface area (Å²) < 4.78 is 5.94. The van der Waals surface area contributed by atoms with Gasteiger partial charge in [0, 0.05) is 30.5 Å². The molecule has 0 aliphatic carbocycles. The minimum atomic E-state index is -0.531. The predicted molar refractivity (Wildman–Crippen MR) is 108 cm³/mol. The first-order chi connectivity index (χ1) is 13.4. The number of carbonyl (C=O) groups is 1. The molecule has 7 heteroatoms. The Morgan fingerprint density at radius 2 is 2.07 bits per heavy atom. The van der Waals surface area contributed by atoms with Gasteiger partial charge < -0.3 is 14.2 Å². The molecule has 0 radical (unpaired) electrons. The number of amides is 1. The third kappa shape index (κ3) is 2.99. The number of fused-ring (bicyclic) bond motifs is 2. The van der Waals surface area contributed by atoms with Crippen LogP contribution >= 0.6 is 11.6 Å². The zero-order valence-corrected chi connectivity index (χ0v) is 16.7. The van der Waals surface area contributed by atoms with E-state index in [1.165, 1.54) is 0 Å². The number of hydrogen-bond acceptors (Lipinski definition) is 5. The van der Waals surface area contributed by atoms with Gasteiger partial charge in [0.25, 0.3) is 5.91 Å². The van der Waals surface area contributed by atoms with Crippen molar-refractivity contribution in [3.05, 3.63) is 74.4 Å². The van der Waals surface area contributed by atoms with Gasteiger partial charge >= 0.3 is 0 Å². The maximum atomic E-state index is 13.4. The van der Waals surface area contributed by atoms with Crippen molar-refractivity contribution in [2.45, 2.75) is 13.0 Å². The van der Waals surface area contributed by atoms with Gasteiger partial charge in [0.15, 0.2) is 5.43 Å². The Kier molecular flexibility index (Phi) is 4.69. The van der Waals surface area contributed by atoms with E-state index in [0.717, 1.165) is 11.1 Å². The Hall–Kier alpha value is -2.70. The van der Waals surface area contributed by atoms with E-state index in [4.69, 9.17) is 16.0 Å². The Morgan fingerprint density at radius 1 is 1.29 bits per heavy atom. The molecule has 3 aromatic rings. The van der Waals surface area contributed by atoms with E-state index in [2.05, 4.69) is 4.98 Å². The van der Waals surface area contributed by atoms with Crippen molar-refractivity contribution < 1.29 is 9.21 Å². The van der Waals surface area contributed by atoms with Crippen molar-refractivity contribution in [3.8, 4) is 0 Å². The summed E-state index contributed by atoms with van der Waals surface area (Å²) in [5.74, 6) is -0.177. The molecule has 0 saturated heterocycles. The van der Waals surface area contributed by atoms with Crippen LogP contribution in [0.1, 0.15) is 33.3 Å². The Morgan fingerprint density at radius 3 is 2.75 bits per heavy atom. The lowest BCUT2D eigenvalue weighted by molar-refractivity contribution is 0.0716. The highest BCUT2D eigenvalue weighted by Gasteiger charge is 2.42. The number of nitrogens with zero attached hydrogens (tertiary/aromatic N) is 3. The number of likely N-dealkylation sites (N-methyl/N-ethyl adjacent to an activating group) is 1. The first-order valence-electron chi connectivity index (χ1n) is 9.01. The molecule has 2 aromatic heterocycles. The van der Waals surface area contributed by atoms with Gasteiger partial charge in [-0.15, -0.1) is 0 Å². The summed E-state index contributed by atoms with van der Waals surface area (Å²) in [5.41, 5.74) is 2.06. The number of halogens is 1. The topological polar surface area (TPSA) is 66.7 Å². The number of hydrogen-bond donors (Lipinski definition) is 0. The molecule has 1 unspecified atom stereocenters. The van der Waals surface area contributed by atoms with Crippen molar-refractivity contribution in [2.75, 3.05) is 27.2 Å². The van der Waals surface area contributed by atoms with Crippen LogP contribution in [0.2, 0.25) is 5.02 Å². The van der Waals surface area contributed by atoms with Crippen LogP contribution in [0.5, 0.6) is 0 Å². The van der Waals surface area contributed by atoms with Crippen molar-refractivity contribution >= 4 is 28.5 Å². The summed E-state index contributed by atoms with van der Waals surface area (Å²) in [5, 5.41) is 0.872. The number of aryl methyl sites for hydroxylation is 1. The molecule has 0 spiro atoms. The normalized spacial score (nSPS) is 16.2. The number of carbonyl (C=O) groups excluding carboxylic acids is 1. The lowest BCUT2D eigenvalue weighted by atomic mass is 9.99.